The molecule has 116 valence electrons. The zero-order chi connectivity index (χ0) is 14.7. The van der Waals surface area contributed by atoms with Crippen molar-refractivity contribution in [1.82, 2.24) is 15.1 Å². The lowest BCUT2D eigenvalue weighted by molar-refractivity contribution is 0.0496. The summed E-state index contributed by atoms with van der Waals surface area (Å²) in [5.74, 6) is 0. The van der Waals surface area contributed by atoms with Crippen molar-refractivity contribution in [2.45, 2.75) is 69.7 Å². The number of fused-ring (bicyclic) bond motifs is 2. The van der Waals surface area contributed by atoms with Crippen LogP contribution in [0.1, 0.15) is 45.4 Å². The summed E-state index contributed by atoms with van der Waals surface area (Å²) in [5.41, 5.74) is 0. The molecular weight excluding hydrogens is 254 g/mol. The summed E-state index contributed by atoms with van der Waals surface area (Å²) in [4.78, 5) is 16.3. The molecule has 2 amide bonds. The fourth-order valence-electron chi connectivity index (χ4n) is 3.50. The van der Waals surface area contributed by atoms with Gasteiger partial charge in [-0.1, -0.05) is 6.42 Å². The highest BCUT2D eigenvalue weighted by Crippen LogP contribution is 2.32. The molecule has 2 rings (SSSR count). The number of nitrogens with one attached hydrogen (secondary N) is 1. The SMILES string of the molecule is CC(O)CCN(C)C(=O)NC1CC2CCCC(C1)N2C. The Morgan fingerprint density at radius 1 is 1.40 bits per heavy atom. The highest BCUT2D eigenvalue weighted by molar-refractivity contribution is 5.74. The number of aliphatic hydroxyl groups is 1. The Labute approximate surface area is 122 Å². The Hall–Kier alpha value is -0.810. The van der Waals surface area contributed by atoms with E-state index in [1.54, 1.807) is 18.9 Å². The molecule has 5 heteroatoms. The number of carbonyl (C=O) groups is 1. The maximum Gasteiger partial charge on any atom is 0.317 e. The summed E-state index contributed by atoms with van der Waals surface area (Å²) < 4.78 is 0. The maximum absolute atomic E-state index is 12.1. The van der Waals surface area contributed by atoms with Crippen molar-refractivity contribution in [3.05, 3.63) is 0 Å². The lowest BCUT2D eigenvalue weighted by Gasteiger charge is -2.47. The summed E-state index contributed by atoms with van der Waals surface area (Å²) in [6.07, 6.45) is 6.27. The molecule has 2 fully saturated rings. The number of carbonyl (C=O) groups excluding carboxylic acids is 1. The number of piperidine rings is 2. The number of hydrogen-bond donors (Lipinski definition) is 2. The highest BCUT2D eigenvalue weighted by Gasteiger charge is 2.36. The second kappa shape index (κ2) is 6.76. The molecule has 0 aliphatic carbocycles. The fourth-order valence-corrected chi connectivity index (χ4v) is 3.50. The zero-order valence-corrected chi connectivity index (χ0v) is 13.0. The number of hydrogen-bond acceptors (Lipinski definition) is 3. The molecular formula is C15H29N3O2. The summed E-state index contributed by atoms with van der Waals surface area (Å²) in [5, 5.41) is 12.4. The topological polar surface area (TPSA) is 55.8 Å². The second-order valence-corrected chi connectivity index (χ2v) is 6.58. The van der Waals surface area contributed by atoms with Crippen LogP contribution < -0.4 is 5.32 Å². The van der Waals surface area contributed by atoms with E-state index in [1.165, 1.54) is 19.3 Å². The molecule has 2 aliphatic heterocycles. The third kappa shape index (κ3) is 3.85. The molecule has 2 bridgehead atoms. The van der Waals surface area contributed by atoms with Gasteiger partial charge in [0.2, 0.25) is 0 Å². The van der Waals surface area contributed by atoms with E-state index in [0.29, 0.717) is 31.1 Å². The Morgan fingerprint density at radius 3 is 2.55 bits per heavy atom. The molecule has 3 atom stereocenters. The van der Waals surface area contributed by atoms with Crippen LogP contribution >= 0.6 is 0 Å². The monoisotopic (exact) mass is 283 g/mol. The number of nitrogens with zero attached hydrogens (tertiary/aromatic N) is 2. The van der Waals surface area contributed by atoms with Crippen molar-refractivity contribution in [3.8, 4) is 0 Å². The molecule has 0 aromatic rings. The van der Waals surface area contributed by atoms with Crippen molar-refractivity contribution in [2.24, 2.45) is 0 Å². The van der Waals surface area contributed by atoms with Crippen LogP contribution in [0.3, 0.4) is 0 Å². The van der Waals surface area contributed by atoms with Crippen LogP contribution in [0.25, 0.3) is 0 Å². The van der Waals surface area contributed by atoms with Crippen LogP contribution in [0, 0.1) is 0 Å². The van der Waals surface area contributed by atoms with E-state index in [4.69, 9.17) is 0 Å². The van der Waals surface area contributed by atoms with Gasteiger partial charge in [0.15, 0.2) is 0 Å². The second-order valence-electron chi connectivity index (χ2n) is 6.58. The van der Waals surface area contributed by atoms with Gasteiger partial charge in [0.25, 0.3) is 0 Å². The first-order chi connectivity index (χ1) is 9.47. The zero-order valence-electron chi connectivity index (χ0n) is 13.0. The minimum atomic E-state index is -0.354. The molecule has 2 heterocycles. The van der Waals surface area contributed by atoms with E-state index in [1.807, 2.05) is 0 Å². The van der Waals surface area contributed by atoms with E-state index in [0.717, 1.165) is 12.8 Å². The van der Waals surface area contributed by atoms with Crippen molar-refractivity contribution in [3.63, 3.8) is 0 Å². The predicted octanol–water partition coefficient (Wildman–Crippen LogP) is 1.41. The molecule has 2 N–H and O–H groups in total. The van der Waals surface area contributed by atoms with E-state index in [9.17, 15) is 9.90 Å². The van der Waals surface area contributed by atoms with Crippen molar-refractivity contribution >= 4 is 6.03 Å². The fraction of sp³-hybridized carbons (Fsp3) is 0.933. The molecule has 0 aromatic carbocycles. The highest BCUT2D eigenvalue weighted by atomic mass is 16.3. The summed E-state index contributed by atoms with van der Waals surface area (Å²) in [6, 6.07) is 1.58. The molecule has 0 radical (unpaired) electrons. The third-order valence-electron chi connectivity index (χ3n) is 4.90. The van der Waals surface area contributed by atoms with Crippen LogP contribution in [-0.4, -0.2) is 65.8 Å². The van der Waals surface area contributed by atoms with E-state index >= 15 is 0 Å². The van der Waals surface area contributed by atoms with E-state index in [2.05, 4.69) is 17.3 Å². The van der Waals surface area contributed by atoms with Gasteiger partial charge in [-0.15, -0.1) is 0 Å². The molecule has 2 aliphatic rings. The van der Waals surface area contributed by atoms with Gasteiger partial charge < -0.3 is 20.2 Å². The first-order valence-corrected chi connectivity index (χ1v) is 7.89. The van der Waals surface area contributed by atoms with Crippen LogP contribution in [-0.2, 0) is 0 Å². The van der Waals surface area contributed by atoms with Gasteiger partial charge in [0, 0.05) is 31.7 Å². The van der Waals surface area contributed by atoms with Gasteiger partial charge in [0.1, 0.15) is 0 Å². The van der Waals surface area contributed by atoms with Gasteiger partial charge in [-0.3, -0.25) is 0 Å². The van der Waals surface area contributed by atoms with Crippen LogP contribution in [0.15, 0.2) is 0 Å². The normalized spacial score (nSPS) is 31.7. The standard InChI is InChI=1S/C15H29N3O2/c1-11(19)7-8-17(2)15(20)16-12-9-13-5-4-6-14(10-12)18(13)3/h11-14,19H,4-10H2,1-3H3,(H,16,20). The smallest absolute Gasteiger partial charge is 0.317 e. The van der Waals surface area contributed by atoms with Crippen LogP contribution in [0.4, 0.5) is 4.79 Å². The minimum absolute atomic E-state index is 0.00160. The van der Waals surface area contributed by atoms with Gasteiger partial charge in [0.05, 0.1) is 6.10 Å². The summed E-state index contributed by atoms with van der Waals surface area (Å²) >= 11 is 0. The number of rotatable bonds is 4. The minimum Gasteiger partial charge on any atom is -0.393 e. The predicted molar refractivity (Wildman–Crippen MR) is 79.7 cm³/mol. The molecule has 5 nitrogen and oxygen atoms in total. The van der Waals surface area contributed by atoms with Gasteiger partial charge >= 0.3 is 6.03 Å². The first kappa shape index (κ1) is 15.6. The molecule has 20 heavy (non-hydrogen) atoms. The Bertz CT molecular complexity index is 321. The first-order valence-electron chi connectivity index (χ1n) is 7.89. The average Bonchev–Trinajstić information content (AvgIpc) is 2.37. The quantitative estimate of drug-likeness (QED) is 0.820. The van der Waals surface area contributed by atoms with E-state index in [-0.39, 0.29) is 12.1 Å². The maximum atomic E-state index is 12.1. The van der Waals surface area contributed by atoms with Crippen molar-refractivity contribution in [1.29, 1.82) is 0 Å². The average molecular weight is 283 g/mol. The number of amides is 2. The van der Waals surface area contributed by atoms with Gasteiger partial charge in [-0.05, 0) is 46.1 Å². The van der Waals surface area contributed by atoms with Gasteiger partial charge in [-0.25, -0.2) is 4.79 Å². The third-order valence-corrected chi connectivity index (χ3v) is 4.90. The van der Waals surface area contributed by atoms with Crippen LogP contribution in [0.2, 0.25) is 0 Å². The van der Waals surface area contributed by atoms with Crippen LogP contribution in [0.5, 0.6) is 0 Å². The summed E-state index contributed by atoms with van der Waals surface area (Å²) in [6.45, 7) is 2.35. The Morgan fingerprint density at radius 2 is 2.00 bits per heavy atom. The summed E-state index contributed by atoms with van der Waals surface area (Å²) in [7, 11) is 4.02. The molecule has 2 saturated heterocycles. The van der Waals surface area contributed by atoms with Gasteiger partial charge in [-0.2, -0.15) is 0 Å². The molecule has 0 spiro atoms. The lowest BCUT2D eigenvalue weighted by Crippen LogP contribution is -2.56. The van der Waals surface area contributed by atoms with E-state index < -0.39 is 0 Å². The lowest BCUT2D eigenvalue weighted by atomic mass is 9.82. The number of aliphatic hydroxyl groups excluding tert-OH is 1. The Balaban J connectivity index is 1.80. The largest absolute Gasteiger partial charge is 0.393 e. The number of urea groups is 1. The molecule has 3 unspecified atom stereocenters. The van der Waals surface area contributed by atoms with Crippen molar-refractivity contribution in [2.75, 3.05) is 20.6 Å². The Kier molecular flexibility index (Phi) is 5.27. The van der Waals surface area contributed by atoms with Crippen molar-refractivity contribution < 1.29 is 9.90 Å². The molecule has 0 saturated carbocycles. The molecule has 0 aromatic heterocycles.